The zero-order valence-corrected chi connectivity index (χ0v) is 13.7. The summed E-state index contributed by atoms with van der Waals surface area (Å²) in [5.74, 6) is -0.759. The van der Waals surface area contributed by atoms with E-state index >= 15 is 0 Å². The van der Waals surface area contributed by atoms with Crippen LogP contribution in [0.1, 0.15) is 59.3 Å². The quantitative estimate of drug-likeness (QED) is 0.740. The van der Waals surface area contributed by atoms with E-state index in [0.29, 0.717) is 5.92 Å². The van der Waals surface area contributed by atoms with E-state index in [2.05, 4.69) is 19.2 Å². The maximum absolute atomic E-state index is 12.8. The Labute approximate surface area is 131 Å². The minimum atomic E-state index is -1.91. The van der Waals surface area contributed by atoms with Crippen LogP contribution >= 0.6 is 0 Å². The lowest BCUT2D eigenvalue weighted by Gasteiger charge is -2.64. The number of carboxylic acids is 1. The third kappa shape index (κ3) is 2.43. The number of aliphatic carboxylic acids is 1. The van der Waals surface area contributed by atoms with Gasteiger partial charge < -0.3 is 15.5 Å². The van der Waals surface area contributed by atoms with Crippen molar-refractivity contribution in [2.24, 2.45) is 22.2 Å². The summed E-state index contributed by atoms with van der Waals surface area (Å²) in [6.07, 6.45) is 6.33. The fourth-order valence-electron chi connectivity index (χ4n) is 6.22. The SMILES string of the molecule is CC12CC3CC(C)(C1)CC(C(=O)NCC(C)(O)C(=O)O)(C3)C2. The number of aliphatic hydroxyl groups is 1. The average Bonchev–Trinajstić information content (AvgIpc) is 2.31. The highest BCUT2D eigenvalue weighted by Gasteiger charge is 2.62. The van der Waals surface area contributed by atoms with Crippen LogP contribution in [0.15, 0.2) is 0 Å². The summed E-state index contributed by atoms with van der Waals surface area (Å²) in [5.41, 5.74) is -1.80. The van der Waals surface area contributed by atoms with Crippen molar-refractivity contribution in [3.63, 3.8) is 0 Å². The number of hydrogen-bond acceptors (Lipinski definition) is 3. The van der Waals surface area contributed by atoms with E-state index in [1.807, 2.05) is 0 Å². The van der Waals surface area contributed by atoms with Crippen molar-refractivity contribution in [3.8, 4) is 0 Å². The first-order valence-electron chi connectivity index (χ1n) is 8.22. The average molecular weight is 309 g/mol. The van der Waals surface area contributed by atoms with Gasteiger partial charge in [-0.1, -0.05) is 13.8 Å². The van der Waals surface area contributed by atoms with Gasteiger partial charge in [-0.3, -0.25) is 4.79 Å². The Balaban J connectivity index is 1.77. The van der Waals surface area contributed by atoms with Crippen LogP contribution < -0.4 is 5.32 Å². The lowest BCUT2D eigenvalue weighted by atomic mass is 9.40. The summed E-state index contributed by atoms with van der Waals surface area (Å²) >= 11 is 0. The van der Waals surface area contributed by atoms with Crippen molar-refractivity contribution in [1.82, 2.24) is 5.32 Å². The first-order chi connectivity index (χ1) is 9.98. The highest BCUT2D eigenvalue weighted by atomic mass is 16.4. The van der Waals surface area contributed by atoms with Crippen LogP contribution in [-0.4, -0.2) is 34.2 Å². The summed E-state index contributed by atoms with van der Waals surface area (Å²) in [6, 6.07) is 0. The van der Waals surface area contributed by atoms with Gasteiger partial charge in [0.1, 0.15) is 0 Å². The second-order valence-electron chi connectivity index (χ2n) is 9.17. The molecule has 0 aromatic carbocycles. The van der Waals surface area contributed by atoms with Crippen LogP contribution in [0, 0.1) is 22.2 Å². The van der Waals surface area contributed by atoms with Gasteiger partial charge in [0.25, 0.3) is 0 Å². The van der Waals surface area contributed by atoms with Gasteiger partial charge in [-0.25, -0.2) is 4.79 Å². The maximum atomic E-state index is 12.8. The predicted octanol–water partition coefficient (Wildman–Crippen LogP) is 1.93. The van der Waals surface area contributed by atoms with Crippen molar-refractivity contribution in [2.75, 3.05) is 6.54 Å². The van der Waals surface area contributed by atoms with Crippen LogP contribution in [0.25, 0.3) is 0 Å². The molecule has 4 aliphatic carbocycles. The van der Waals surface area contributed by atoms with E-state index < -0.39 is 11.6 Å². The molecular weight excluding hydrogens is 282 g/mol. The molecule has 3 atom stereocenters. The molecular formula is C17H27NO4. The molecule has 4 rings (SSSR count). The number of carbonyl (C=O) groups excluding carboxylic acids is 1. The molecule has 4 saturated carbocycles. The van der Waals surface area contributed by atoms with Gasteiger partial charge in [-0.05, 0) is 62.2 Å². The van der Waals surface area contributed by atoms with Crippen LogP contribution in [0.4, 0.5) is 0 Å². The number of carbonyl (C=O) groups is 2. The third-order valence-electron chi connectivity index (χ3n) is 6.16. The van der Waals surface area contributed by atoms with Gasteiger partial charge in [0.2, 0.25) is 5.91 Å². The molecule has 1 amide bonds. The van der Waals surface area contributed by atoms with Gasteiger partial charge in [-0.2, -0.15) is 0 Å². The molecule has 4 bridgehead atoms. The molecule has 22 heavy (non-hydrogen) atoms. The molecule has 0 aliphatic heterocycles. The van der Waals surface area contributed by atoms with Crippen molar-refractivity contribution >= 4 is 11.9 Å². The van der Waals surface area contributed by atoms with Crippen molar-refractivity contribution in [3.05, 3.63) is 0 Å². The molecule has 5 nitrogen and oxygen atoms in total. The van der Waals surface area contributed by atoms with E-state index in [0.717, 1.165) is 19.3 Å². The zero-order chi connectivity index (χ0) is 16.4. The van der Waals surface area contributed by atoms with Crippen molar-refractivity contribution in [1.29, 1.82) is 0 Å². The highest BCUT2D eigenvalue weighted by Crippen LogP contribution is 2.69. The summed E-state index contributed by atoms with van der Waals surface area (Å²) in [6.45, 7) is 5.58. The molecule has 0 spiro atoms. The monoisotopic (exact) mass is 309 g/mol. The molecule has 3 N–H and O–H groups in total. The predicted molar refractivity (Wildman–Crippen MR) is 81.1 cm³/mol. The lowest BCUT2D eigenvalue weighted by Crippen LogP contribution is -2.61. The van der Waals surface area contributed by atoms with Crippen molar-refractivity contribution in [2.45, 2.75) is 64.9 Å². The Morgan fingerprint density at radius 1 is 1.14 bits per heavy atom. The Morgan fingerprint density at radius 3 is 2.14 bits per heavy atom. The Kier molecular flexibility index (Phi) is 3.20. The first kappa shape index (κ1) is 15.8. The molecule has 0 saturated heterocycles. The molecule has 124 valence electrons. The van der Waals surface area contributed by atoms with Gasteiger partial charge in [0.05, 0.1) is 12.0 Å². The summed E-state index contributed by atoms with van der Waals surface area (Å²) in [5, 5.41) is 21.5. The van der Waals surface area contributed by atoms with Crippen LogP contribution in [0.5, 0.6) is 0 Å². The van der Waals surface area contributed by atoms with Gasteiger partial charge >= 0.3 is 5.97 Å². The molecule has 5 heteroatoms. The van der Waals surface area contributed by atoms with E-state index in [9.17, 15) is 14.7 Å². The van der Waals surface area contributed by atoms with Crippen LogP contribution in [0.3, 0.4) is 0 Å². The van der Waals surface area contributed by atoms with Gasteiger partial charge in [0.15, 0.2) is 5.60 Å². The lowest BCUT2D eigenvalue weighted by molar-refractivity contribution is -0.172. The number of carboxylic acid groups (broad SMARTS) is 1. The summed E-state index contributed by atoms with van der Waals surface area (Å²) in [4.78, 5) is 23.8. The second kappa shape index (κ2) is 4.47. The molecule has 4 aliphatic rings. The summed E-state index contributed by atoms with van der Waals surface area (Å²) in [7, 11) is 0. The maximum Gasteiger partial charge on any atom is 0.337 e. The number of nitrogens with one attached hydrogen (secondary N) is 1. The first-order valence-corrected chi connectivity index (χ1v) is 8.22. The molecule has 0 radical (unpaired) electrons. The topological polar surface area (TPSA) is 86.6 Å². The molecule has 0 heterocycles. The van der Waals surface area contributed by atoms with E-state index in [4.69, 9.17) is 5.11 Å². The minimum absolute atomic E-state index is 0.0597. The smallest absolute Gasteiger partial charge is 0.337 e. The van der Waals surface area contributed by atoms with Crippen LogP contribution in [-0.2, 0) is 9.59 Å². The molecule has 3 unspecified atom stereocenters. The van der Waals surface area contributed by atoms with E-state index in [-0.39, 0.29) is 28.7 Å². The number of hydrogen-bond donors (Lipinski definition) is 3. The molecule has 0 aromatic rings. The fourth-order valence-corrected chi connectivity index (χ4v) is 6.22. The minimum Gasteiger partial charge on any atom is -0.479 e. The Hall–Kier alpha value is -1.10. The number of rotatable bonds is 4. The summed E-state index contributed by atoms with van der Waals surface area (Å²) < 4.78 is 0. The third-order valence-corrected chi connectivity index (χ3v) is 6.16. The normalized spacial score (nSPS) is 45.4. The van der Waals surface area contributed by atoms with Crippen molar-refractivity contribution < 1.29 is 19.8 Å². The largest absolute Gasteiger partial charge is 0.479 e. The zero-order valence-electron chi connectivity index (χ0n) is 13.7. The van der Waals surface area contributed by atoms with E-state index in [1.54, 1.807) is 0 Å². The number of amides is 1. The molecule has 4 fully saturated rings. The Bertz CT molecular complexity index is 509. The highest BCUT2D eigenvalue weighted by molar-refractivity contribution is 5.85. The van der Waals surface area contributed by atoms with Crippen LogP contribution in [0.2, 0.25) is 0 Å². The van der Waals surface area contributed by atoms with E-state index in [1.165, 1.54) is 26.2 Å². The van der Waals surface area contributed by atoms with Gasteiger partial charge in [-0.15, -0.1) is 0 Å². The van der Waals surface area contributed by atoms with Gasteiger partial charge in [0, 0.05) is 0 Å². The fraction of sp³-hybridized carbons (Fsp3) is 0.882. The standard InChI is InChI=1S/C17H27NO4/c1-14-4-11-5-15(2,7-14)9-17(6-11,8-14)12(19)18-10-16(3,22)13(20)21/h11,22H,4-10H2,1-3H3,(H,18,19)(H,20,21). The molecule has 0 aromatic heterocycles. The Morgan fingerprint density at radius 2 is 1.68 bits per heavy atom. The second-order valence-corrected chi connectivity index (χ2v) is 9.17.